The number of piperidine rings is 1. The number of nitrogens with two attached hydrogens (primary N) is 1. The van der Waals surface area contributed by atoms with Gasteiger partial charge in [0.25, 0.3) is 0 Å². The predicted molar refractivity (Wildman–Crippen MR) is 94.5 cm³/mol. The first-order valence-corrected chi connectivity index (χ1v) is 8.41. The minimum absolute atomic E-state index is 0.188. The summed E-state index contributed by atoms with van der Waals surface area (Å²) in [5, 5.41) is 4.22. The largest absolute Gasteiger partial charge is 0.368 e. The zero-order valence-electron chi connectivity index (χ0n) is 14.2. The Morgan fingerprint density at radius 2 is 2.25 bits per heavy atom. The van der Waals surface area contributed by atoms with Gasteiger partial charge < -0.3 is 5.73 Å². The Hall–Kier alpha value is -2.21. The van der Waals surface area contributed by atoms with Gasteiger partial charge in [0.2, 0.25) is 5.95 Å². The Labute approximate surface area is 142 Å². The SMILES string of the molecule is Cc1cn(N=Cc2ccc(CN3CCCCC3C)c(F)c2)c(N)n1. The summed E-state index contributed by atoms with van der Waals surface area (Å²) in [7, 11) is 0. The Bertz CT molecular complexity index is 737. The highest BCUT2D eigenvalue weighted by atomic mass is 19.1. The maximum Gasteiger partial charge on any atom is 0.221 e. The third-order valence-corrected chi connectivity index (χ3v) is 4.56. The van der Waals surface area contributed by atoms with E-state index in [0.29, 0.717) is 24.1 Å². The van der Waals surface area contributed by atoms with Gasteiger partial charge in [-0.1, -0.05) is 18.6 Å². The van der Waals surface area contributed by atoms with Gasteiger partial charge in [-0.15, -0.1) is 0 Å². The number of nitrogens with zero attached hydrogens (tertiary/aromatic N) is 4. The van der Waals surface area contributed by atoms with Crippen LogP contribution in [-0.2, 0) is 6.54 Å². The van der Waals surface area contributed by atoms with E-state index in [1.165, 1.54) is 30.0 Å². The lowest BCUT2D eigenvalue weighted by Gasteiger charge is -2.33. The number of aromatic nitrogens is 2. The van der Waals surface area contributed by atoms with Gasteiger partial charge in [0.1, 0.15) is 5.82 Å². The molecule has 2 aromatic rings. The van der Waals surface area contributed by atoms with Gasteiger partial charge in [0.05, 0.1) is 18.1 Å². The standard InChI is InChI=1S/C18H24FN5/c1-13-11-24(18(20)22-13)21-10-15-6-7-16(17(19)9-15)12-23-8-4-3-5-14(23)2/h6-7,9-11,14H,3-5,8,12H2,1-2H3,(H2,20,22). The molecule has 1 unspecified atom stereocenters. The number of halogens is 1. The van der Waals surface area contributed by atoms with E-state index in [9.17, 15) is 4.39 Å². The summed E-state index contributed by atoms with van der Waals surface area (Å²) in [5.41, 5.74) is 7.97. The second-order valence-electron chi connectivity index (χ2n) is 6.50. The van der Waals surface area contributed by atoms with Crippen LogP contribution in [0.2, 0.25) is 0 Å². The minimum Gasteiger partial charge on any atom is -0.368 e. The van der Waals surface area contributed by atoms with Gasteiger partial charge in [-0.2, -0.15) is 5.10 Å². The van der Waals surface area contributed by atoms with Crippen molar-refractivity contribution in [3.8, 4) is 0 Å². The zero-order chi connectivity index (χ0) is 17.1. The van der Waals surface area contributed by atoms with Gasteiger partial charge in [-0.25, -0.2) is 14.1 Å². The summed E-state index contributed by atoms with van der Waals surface area (Å²) in [4.78, 5) is 6.43. The maximum atomic E-state index is 14.4. The van der Waals surface area contributed by atoms with E-state index in [1.807, 2.05) is 19.1 Å². The van der Waals surface area contributed by atoms with E-state index in [2.05, 4.69) is 21.9 Å². The Morgan fingerprint density at radius 1 is 1.42 bits per heavy atom. The van der Waals surface area contributed by atoms with Crippen molar-refractivity contribution in [1.82, 2.24) is 14.6 Å². The molecule has 2 heterocycles. The van der Waals surface area contributed by atoms with E-state index >= 15 is 0 Å². The lowest BCUT2D eigenvalue weighted by Crippen LogP contribution is -2.36. The Balaban J connectivity index is 1.71. The van der Waals surface area contributed by atoms with Crippen LogP contribution >= 0.6 is 0 Å². The molecule has 0 bridgehead atoms. The lowest BCUT2D eigenvalue weighted by atomic mass is 10.0. The molecule has 5 nitrogen and oxygen atoms in total. The van der Waals surface area contributed by atoms with Crippen molar-refractivity contribution >= 4 is 12.2 Å². The molecule has 1 aromatic carbocycles. The summed E-state index contributed by atoms with van der Waals surface area (Å²) < 4.78 is 15.9. The third kappa shape index (κ3) is 3.82. The van der Waals surface area contributed by atoms with Crippen LogP contribution in [0, 0.1) is 12.7 Å². The smallest absolute Gasteiger partial charge is 0.221 e. The van der Waals surface area contributed by atoms with Crippen LogP contribution in [-0.4, -0.2) is 33.4 Å². The fourth-order valence-electron chi connectivity index (χ4n) is 3.11. The summed E-state index contributed by atoms with van der Waals surface area (Å²) in [5.74, 6) is 0.131. The summed E-state index contributed by atoms with van der Waals surface area (Å²) in [6, 6.07) is 5.77. The van der Waals surface area contributed by atoms with Crippen molar-refractivity contribution in [2.24, 2.45) is 5.10 Å². The van der Waals surface area contributed by atoms with Gasteiger partial charge in [-0.05, 0) is 44.9 Å². The number of imidazole rings is 1. The van der Waals surface area contributed by atoms with Crippen molar-refractivity contribution < 1.29 is 4.39 Å². The van der Waals surface area contributed by atoms with E-state index < -0.39 is 0 Å². The molecule has 0 spiro atoms. The molecular formula is C18H24FN5. The number of likely N-dealkylation sites (tertiary alicyclic amines) is 1. The predicted octanol–water partition coefficient (Wildman–Crippen LogP) is 3.17. The molecule has 128 valence electrons. The Kier molecular flexibility index (Phi) is 4.94. The number of anilines is 1. The van der Waals surface area contributed by atoms with Crippen molar-refractivity contribution in [2.75, 3.05) is 12.3 Å². The normalized spacial score (nSPS) is 19.2. The monoisotopic (exact) mass is 329 g/mol. The first-order chi connectivity index (χ1) is 11.5. The summed E-state index contributed by atoms with van der Waals surface area (Å²) in [6.45, 7) is 5.77. The highest BCUT2D eigenvalue weighted by Gasteiger charge is 2.19. The van der Waals surface area contributed by atoms with E-state index in [0.717, 1.165) is 17.8 Å². The number of rotatable bonds is 4. The average Bonchev–Trinajstić information content (AvgIpc) is 2.87. The minimum atomic E-state index is -0.188. The molecule has 0 aliphatic carbocycles. The number of nitrogen functional groups attached to an aromatic ring is 1. The van der Waals surface area contributed by atoms with Crippen LogP contribution in [0.4, 0.5) is 10.3 Å². The molecule has 0 radical (unpaired) electrons. The fourth-order valence-corrected chi connectivity index (χ4v) is 3.11. The average molecular weight is 329 g/mol. The molecule has 1 aromatic heterocycles. The van der Waals surface area contributed by atoms with Crippen molar-refractivity contribution in [3.05, 3.63) is 47.0 Å². The first-order valence-electron chi connectivity index (χ1n) is 8.41. The molecule has 24 heavy (non-hydrogen) atoms. The quantitative estimate of drug-likeness (QED) is 0.877. The molecule has 0 saturated carbocycles. The lowest BCUT2D eigenvalue weighted by molar-refractivity contribution is 0.151. The second kappa shape index (κ2) is 7.13. The van der Waals surface area contributed by atoms with E-state index in [4.69, 9.17) is 5.73 Å². The number of aryl methyl sites for hydroxylation is 1. The van der Waals surface area contributed by atoms with Crippen LogP contribution in [0.3, 0.4) is 0 Å². The molecule has 0 amide bonds. The number of hydrogen-bond acceptors (Lipinski definition) is 4. The molecule has 2 N–H and O–H groups in total. The van der Waals surface area contributed by atoms with Crippen LogP contribution in [0.15, 0.2) is 29.5 Å². The van der Waals surface area contributed by atoms with Crippen LogP contribution < -0.4 is 5.73 Å². The molecule has 1 aliphatic heterocycles. The molecule has 1 saturated heterocycles. The van der Waals surface area contributed by atoms with Crippen LogP contribution in [0.1, 0.15) is 43.0 Å². The van der Waals surface area contributed by atoms with Crippen molar-refractivity contribution in [1.29, 1.82) is 0 Å². The van der Waals surface area contributed by atoms with Gasteiger partial charge in [0, 0.05) is 18.2 Å². The topological polar surface area (TPSA) is 59.4 Å². The van der Waals surface area contributed by atoms with Crippen LogP contribution in [0.25, 0.3) is 0 Å². The zero-order valence-corrected chi connectivity index (χ0v) is 14.2. The third-order valence-electron chi connectivity index (χ3n) is 4.56. The van der Waals surface area contributed by atoms with Crippen molar-refractivity contribution in [3.63, 3.8) is 0 Å². The second-order valence-corrected chi connectivity index (χ2v) is 6.50. The van der Waals surface area contributed by atoms with Crippen LogP contribution in [0.5, 0.6) is 0 Å². The van der Waals surface area contributed by atoms with Gasteiger partial charge in [0.15, 0.2) is 0 Å². The molecule has 6 heteroatoms. The number of benzene rings is 1. The van der Waals surface area contributed by atoms with Gasteiger partial charge in [-0.3, -0.25) is 4.90 Å². The first kappa shape index (κ1) is 16.6. The van der Waals surface area contributed by atoms with Crippen molar-refractivity contribution in [2.45, 2.75) is 45.7 Å². The molecule has 1 atom stereocenters. The highest BCUT2D eigenvalue weighted by molar-refractivity contribution is 5.79. The molecular weight excluding hydrogens is 305 g/mol. The molecule has 1 aliphatic rings. The highest BCUT2D eigenvalue weighted by Crippen LogP contribution is 2.20. The molecule has 3 rings (SSSR count). The van der Waals surface area contributed by atoms with E-state index in [1.54, 1.807) is 12.4 Å². The van der Waals surface area contributed by atoms with Gasteiger partial charge >= 0.3 is 0 Å². The summed E-state index contributed by atoms with van der Waals surface area (Å²) in [6.07, 6.45) is 6.98. The maximum absolute atomic E-state index is 14.4. The summed E-state index contributed by atoms with van der Waals surface area (Å²) >= 11 is 0. The van der Waals surface area contributed by atoms with E-state index in [-0.39, 0.29) is 5.82 Å². The Morgan fingerprint density at radius 3 is 2.92 bits per heavy atom. The molecule has 1 fully saturated rings. The fraction of sp³-hybridized carbons (Fsp3) is 0.444. The number of hydrogen-bond donors (Lipinski definition) is 1.